The third kappa shape index (κ3) is 3.42. The molecule has 106 valence electrons. The fraction of sp³-hybridized carbons (Fsp3) is 0.714. The van der Waals surface area contributed by atoms with Crippen LogP contribution in [0.3, 0.4) is 0 Å². The lowest BCUT2D eigenvalue weighted by molar-refractivity contribution is 0.0801. The summed E-state index contributed by atoms with van der Waals surface area (Å²) in [6.07, 6.45) is 3.30. The Morgan fingerprint density at radius 2 is 2.21 bits per heavy atom. The number of nitrogens with zero attached hydrogens (tertiary/aromatic N) is 4. The van der Waals surface area contributed by atoms with Crippen LogP contribution in [0.15, 0.2) is 12.3 Å². The molecule has 5 heteroatoms. The second-order valence-electron chi connectivity index (χ2n) is 5.46. The minimum Gasteiger partial charge on any atom is -0.304 e. The summed E-state index contributed by atoms with van der Waals surface area (Å²) in [6.45, 7) is 5.98. The van der Waals surface area contributed by atoms with Gasteiger partial charge in [0.05, 0.1) is 0 Å². The van der Waals surface area contributed by atoms with E-state index in [1.165, 1.54) is 0 Å². The molecule has 1 atom stereocenters. The molecule has 0 aromatic carbocycles. The minimum absolute atomic E-state index is 0.207. The van der Waals surface area contributed by atoms with Gasteiger partial charge in [0.15, 0.2) is 5.78 Å². The van der Waals surface area contributed by atoms with Crippen molar-refractivity contribution in [2.24, 2.45) is 0 Å². The van der Waals surface area contributed by atoms with Crippen LogP contribution in [0.2, 0.25) is 0 Å². The quantitative estimate of drug-likeness (QED) is 0.747. The molecule has 1 aliphatic heterocycles. The highest BCUT2D eigenvalue weighted by Gasteiger charge is 2.25. The van der Waals surface area contributed by atoms with Gasteiger partial charge in [0.25, 0.3) is 0 Å². The van der Waals surface area contributed by atoms with Crippen molar-refractivity contribution in [1.29, 1.82) is 0 Å². The number of hydrogen-bond donors (Lipinski definition) is 0. The molecule has 0 saturated carbocycles. The van der Waals surface area contributed by atoms with Gasteiger partial charge in [0, 0.05) is 44.8 Å². The molecule has 5 nitrogen and oxygen atoms in total. The van der Waals surface area contributed by atoms with E-state index in [1.54, 1.807) is 6.20 Å². The maximum absolute atomic E-state index is 12.4. The van der Waals surface area contributed by atoms with Gasteiger partial charge in [-0.15, -0.1) is 0 Å². The Morgan fingerprint density at radius 3 is 2.95 bits per heavy atom. The molecule has 1 aliphatic rings. The van der Waals surface area contributed by atoms with Gasteiger partial charge in [0.2, 0.25) is 0 Å². The average molecular weight is 264 g/mol. The summed E-state index contributed by atoms with van der Waals surface area (Å²) in [4.78, 5) is 17.0. The molecular formula is C14H24N4O. The summed E-state index contributed by atoms with van der Waals surface area (Å²) in [7, 11) is 4.22. The Kier molecular flexibility index (Phi) is 4.71. The zero-order valence-corrected chi connectivity index (χ0v) is 12.2. The van der Waals surface area contributed by atoms with E-state index in [4.69, 9.17) is 0 Å². The van der Waals surface area contributed by atoms with E-state index >= 15 is 0 Å². The van der Waals surface area contributed by atoms with Crippen LogP contribution in [-0.4, -0.2) is 65.1 Å². The van der Waals surface area contributed by atoms with E-state index in [1.807, 2.05) is 10.7 Å². The summed E-state index contributed by atoms with van der Waals surface area (Å²) in [5.74, 6) is 0.207. The number of carbonyl (C=O) groups is 1. The largest absolute Gasteiger partial charge is 0.304 e. The first kappa shape index (κ1) is 14.2. The molecule has 1 unspecified atom stereocenters. The van der Waals surface area contributed by atoms with Crippen molar-refractivity contribution in [3.63, 3.8) is 0 Å². The van der Waals surface area contributed by atoms with Gasteiger partial charge in [-0.1, -0.05) is 6.92 Å². The van der Waals surface area contributed by atoms with Crippen LogP contribution in [0, 0.1) is 0 Å². The van der Waals surface area contributed by atoms with E-state index in [2.05, 4.69) is 35.9 Å². The third-order valence-electron chi connectivity index (χ3n) is 3.84. The number of piperazine rings is 1. The number of likely N-dealkylation sites (N-methyl/N-ethyl adjacent to an activating group) is 2. The topological polar surface area (TPSA) is 41.4 Å². The second kappa shape index (κ2) is 6.30. The van der Waals surface area contributed by atoms with E-state index < -0.39 is 0 Å². The van der Waals surface area contributed by atoms with Crippen LogP contribution in [0.25, 0.3) is 0 Å². The number of aromatic nitrogens is 2. The number of carbonyl (C=O) groups excluding carboxylic acids is 1. The summed E-state index contributed by atoms with van der Waals surface area (Å²) in [5.41, 5.74) is 0.753. The molecule has 0 amide bonds. The highest BCUT2D eigenvalue weighted by molar-refractivity contribution is 5.94. The first-order valence-electron chi connectivity index (χ1n) is 7.05. The van der Waals surface area contributed by atoms with Gasteiger partial charge in [-0.3, -0.25) is 9.48 Å². The molecule has 0 radical (unpaired) electrons. The highest BCUT2D eigenvalue weighted by Crippen LogP contribution is 2.13. The highest BCUT2D eigenvalue weighted by atomic mass is 16.1. The second-order valence-corrected chi connectivity index (χ2v) is 5.46. The van der Waals surface area contributed by atoms with Crippen molar-refractivity contribution in [1.82, 2.24) is 19.6 Å². The predicted octanol–water partition coefficient (Wildman–Crippen LogP) is 1.11. The number of aryl methyl sites for hydroxylation is 1. The van der Waals surface area contributed by atoms with Gasteiger partial charge in [-0.2, -0.15) is 5.10 Å². The first-order chi connectivity index (χ1) is 9.11. The molecule has 0 bridgehead atoms. The van der Waals surface area contributed by atoms with Crippen molar-refractivity contribution < 1.29 is 4.79 Å². The molecule has 19 heavy (non-hydrogen) atoms. The Balaban J connectivity index is 2.01. The molecule has 1 saturated heterocycles. The van der Waals surface area contributed by atoms with E-state index in [9.17, 15) is 4.79 Å². The molecule has 0 spiro atoms. The SMILES string of the molecule is CCCn1nccc1C(=O)CC1CN(C)CCN1C. The van der Waals surface area contributed by atoms with Crippen molar-refractivity contribution in [3.8, 4) is 0 Å². The van der Waals surface area contributed by atoms with Crippen molar-refractivity contribution in [2.45, 2.75) is 32.4 Å². The van der Waals surface area contributed by atoms with Gasteiger partial charge in [0.1, 0.15) is 5.69 Å². The fourth-order valence-electron chi connectivity index (χ4n) is 2.60. The zero-order chi connectivity index (χ0) is 13.8. The normalized spacial score (nSPS) is 21.7. The predicted molar refractivity (Wildman–Crippen MR) is 75.4 cm³/mol. The molecule has 1 aromatic rings. The van der Waals surface area contributed by atoms with Crippen LogP contribution in [0.4, 0.5) is 0 Å². The minimum atomic E-state index is 0.207. The van der Waals surface area contributed by atoms with Gasteiger partial charge >= 0.3 is 0 Å². The number of Topliss-reactive ketones (excluding diaryl/α,β-unsaturated/α-hetero) is 1. The standard InChI is InChI=1S/C14H24N4O/c1-4-7-18-13(5-6-15-18)14(19)10-12-11-16(2)8-9-17(12)3/h5-6,12H,4,7-11H2,1-3H3. The zero-order valence-electron chi connectivity index (χ0n) is 12.2. The smallest absolute Gasteiger partial charge is 0.182 e. The van der Waals surface area contributed by atoms with Crippen molar-refractivity contribution in [3.05, 3.63) is 18.0 Å². The van der Waals surface area contributed by atoms with Gasteiger partial charge in [-0.05, 0) is 26.6 Å². The number of ketones is 1. The molecule has 2 rings (SSSR count). The van der Waals surface area contributed by atoms with E-state index in [0.717, 1.165) is 38.3 Å². The summed E-state index contributed by atoms with van der Waals surface area (Å²) < 4.78 is 1.83. The number of rotatable bonds is 5. The third-order valence-corrected chi connectivity index (χ3v) is 3.84. The molecule has 0 aliphatic carbocycles. The van der Waals surface area contributed by atoms with E-state index in [0.29, 0.717) is 12.5 Å². The van der Waals surface area contributed by atoms with Gasteiger partial charge < -0.3 is 9.80 Å². The Morgan fingerprint density at radius 1 is 1.42 bits per heavy atom. The Labute approximate surface area is 115 Å². The monoisotopic (exact) mass is 264 g/mol. The molecule has 1 fully saturated rings. The lowest BCUT2D eigenvalue weighted by atomic mass is 10.0. The molecular weight excluding hydrogens is 240 g/mol. The van der Waals surface area contributed by atoms with Crippen LogP contribution < -0.4 is 0 Å². The Bertz CT molecular complexity index is 429. The van der Waals surface area contributed by atoms with Crippen LogP contribution in [0.5, 0.6) is 0 Å². The lowest BCUT2D eigenvalue weighted by Gasteiger charge is -2.37. The van der Waals surface area contributed by atoms with Crippen LogP contribution in [-0.2, 0) is 6.54 Å². The average Bonchev–Trinajstić information content (AvgIpc) is 2.82. The summed E-state index contributed by atoms with van der Waals surface area (Å²) >= 11 is 0. The maximum Gasteiger partial charge on any atom is 0.182 e. The molecule has 2 heterocycles. The Hall–Kier alpha value is -1.20. The summed E-state index contributed by atoms with van der Waals surface area (Å²) in [5, 5.41) is 4.23. The van der Waals surface area contributed by atoms with E-state index in [-0.39, 0.29) is 5.78 Å². The molecule has 0 N–H and O–H groups in total. The van der Waals surface area contributed by atoms with Crippen LogP contribution >= 0.6 is 0 Å². The lowest BCUT2D eigenvalue weighted by Crippen LogP contribution is -2.50. The van der Waals surface area contributed by atoms with Crippen molar-refractivity contribution >= 4 is 5.78 Å². The van der Waals surface area contributed by atoms with Crippen LogP contribution in [0.1, 0.15) is 30.3 Å². The fourth-order valence-corrected chi connectivity index (χ4v) is 2.60. The molecule has 1 aromatic heterocycles. The van der Waals surface area contributed by atoms with Gasteiger partial charge in [-0.25, -0.2) is 0 Å². The number of hydrogen-bond acceptors (Lipinski definition) is 4. The van der Waals surface area contributed by atoms with Crippen molar-refractivity contribution in [2.75, 3.05) is 33.7 Å². The summed E-state index contributed by atoms with van der Waals surface area (Å²) in [6, 6.07) is 2.15. The maximum atomic E-state index is 12.4. The first-order valence-corrected chi connectivity index (χ1v) is 7.05.